The normalized spacial score (nSPS) is 12.6. The van der Waals surface area contributed by atoms with Gasteiger partial charge in [0.15, 0.2) is 5.16 Å². The van der Waals surface area contributed by atoms with Gasteiger partial charge in [-0.05, 0) is 12.5 Å². The van der Waals surface area contributed by atoms with E-state index in [0.29, 0.717) is 11.2 Å². The summed E-state index contributed by atoms with van der Waals surface area (Å²) in [6, 6.07) is 10.3. The molecule has 0 saturated carbocycles. The molecule has 2 N–H and O–H groups in total. The van der Waals surface area contributed by atoms with Crippen molar-refractivity contribution in [1.82, 2.24) is 14.8 Å². The maximum Gasteiger partial charge on any atom is 0.222 e. The molecule has 0 bridgehead atoms. The summed E-state index contributed by atoms with van der Waals surface area (Å²) >= 11 is 1.65. The first-order valence-corrected chi connectivity index (χ1v) is 5.93. The average molecular weight is 234 g/mol. The Balaban J connectivity index is 2.14. The Morgan fingerprint density at radius 3 is 2.50 bits per heavy atom. The molecule has 0 amide bonds. The van der Waals surface area contributed by atoms with Crippen molar-refractivity contribution in [2.24, 2.45) is 7.05 Å². The molecular formula is C11H14N4S. The molecule has 0 spiro atoms. The summed E-state index contributed by atoms with van der Waals surface area (Å²) in [5, 5.41) is 9.04. The predicted molar refractivity (Wildman–Crippen MR) is 66.1 cm³/mol. The molecule has 0 fully saturated rings. The zero-order valence-electron chi connectivity index (χ0n) is 9.29. The SMILES string of the molecule is CC(Sc1nnc(N)n1C)c1ccccc1. The summed E-state index contributed by atoms with van der Waals surface area (Å²) in [7, 11) is 1.87. The van der Waals surface area contributed by atoms with E-state index in [-0.39, 0.29) is 0 Å². The topological polar surface area (TPSA) is 56.7 Å². The monoisotopic (exact) mass is 234 g/mol. The van der Waals surface area contributed by atoms with Crippen LogP contribution in [0.3, 0.4) is 0 Å². The van der Waals surface area contributed by atoms with Crippen LogP contribution in [0.5, 0.6) is 0 Å². The van der Waals surface area contributed by atoms with E-state index >= 15 is 0 Å². The first kappa shape index (κ1) is 11.0. The fraction of sp³-hybridized carbons (Fsp3) is 0.273. The highest BCUT2D eigenvalue weighted by Gasteiger charge is 2.12. The van der Waals surface area contributed by atoms with Gasteiger partial charge in [0.2, 0.25) is 5.95 Å². The van der Waals surface area contributed by atoms with E-state index < -0.39 is 0 Å². The van der Waals surface area contributed by atoms with Crippen LogP contribution in [0.4, 0.5) is 5.95 Å². The second-order valence-electron chi connectivity index (χ2n) is 3.57. The number of nitrogens with two attached hydrogens (primary N) is 1. The zero-order valence-corrected chi connectivity index (χ0v) is 10.1. The summed E-state index contributed by atoms with van der Waals surface area (Å²) < 4.78 is 1.80. The molecule has 2 rings (SSSR count). The van der Waals surface area contributed by atoms with Gasteiger partial charge in [0.1, 0.15) is 0 Å². The van der Waals surface area contributed by atoms with Gasteiger partial charge in [0, 0.05) is 12.3 Å². The van der Waals surface area contributed by atoms with Gasteiger partial charge in [-0.2, -0.15) is 0 Å². The summed E-state index contributed by atoms with van der Waals surface area (Å²) in [6.45, 7) is 2.14. The molecule has 0 aliphatic heterocycles. The van der Waals surface area contributed by atoms with E-state index in [2.05, 4.69) is 29.3 Å². The van der Waals surface area contributed by atoms with Crippen LogP contribution in [-0.2, 0) is 7.05 Å². The Labute approximate surface area is 98.9 Å². The van der Waals surface area contributed by atoms with Gasteiger partial charge in [-0.25, -0.2) is 0 Å². The molecule has 2 aromatic rings. The minimum Gasteiger partial charge on any atom is -0.368 e. The fourth-order valence-electron chi connectivity index (χ4n) is 1.38. The molecule has 4 nitrogen and oxygen atoms in total. The highest BCUT2D eigenvalue weighted by Crippen LogP contribution is 2.33. The van der Waals surface area contributed by atoms with E-state index in [4.69, 9.17) is 5.73 Å². The van der Waals surface area contributed by atoms with E-state index in [1.165, 1.54) is 5.56 Å². The summed E-state index contributed by atoms with van der Waals surface area (Å²) in [6.07, 6.45) is 0. The lowest BCUT2D eigenvalue weighted by Crippen LogP contribution is -1.99. The van der Waals surface area contributed by atoms with Gasteiger partial charge in [-0.3, -0.25) is 4.57 Å². The van der Waals surface area contributed by atoms with Crippen molar-refractivity contribution >= 4 is 17.7 Å². The molecule has 1 atom stereocenters. The second-order valence-corrected chi connectivity index (χ2v) is 4.88. The molecule has 1 aromatic heterocycles. The van der Waals surface area contributed by atoms with Crippen molar-refractivity contribution in [2.75, 3.05) is 5.73 Å². The average Bonchev–Trinajstić information content (AvgIpc) is 2.62. The van der Waals surface area contributed by atoms with Gasteiger partial charge in [0.25, 0.3) is 0 Å². The maximum atomic E-state index is 5.63. The molecule has 0 radical (unpaired) electrons. The van der Waals surface area contributed by atoms with Gasteiger partial charge in [-0.1, -0.05) is 42.1 Å². The number of nitrogen functional groups attached to an aromatic ring is 1. The Bertz CT molecular complexity index is 466. The van der Waals surface area contributed by atoms with Crippen LogP contribution in [-0.4, -0.2) is 14.8 Å². The van der Waals surface area contributed by atoms with Crippen LogP contribution in [0.15, 0.2) is 35.5 Å². The number of anilines is 1. The first-order valence-electron chi connectivity index (χ1n) is 5.05. The highest BCUT2D eigenvalue weighted by atomic mass is 32.2. The largest absolute Gasteiger partial charge is 0.368 e. The summed E-state index contributed by atoms with van der Waals surface area (Å²) in [4.78, 5) is 0. The fourth-order valence-corrected chi connectivity index (χ4v) is 2.33. The Kier molecular flexibility index (Phi) is 3.14. The molecule has 84 valence electrons. The van der Waals surface area contributed by atoms with E-state index in [1.807, 2.05) is 25.2 Å². The molecule has 1 unspecified atom stereocenters. The number of benzene rings is 1. The number of rotatable bonds is 3. The molecule has 1 aromatic carbocycles. The van der Waals surface area contributed by atoms with E-state index in [1.54, 1.807) is 16.3 Å². The van der Waals surface area contributed by atoms with Crippen molar-refractivity contribution in [2.45, 2.75) is 17.3 Å². The molecule has 5 heteroatoms. The van der Waals surface area contributed by atoms with Gasteiger partial charge in [0.05, 0.1) is 0 Å². The van der Waals surface area contributed by atoms with E-state index in [9.17, 15) is 0 Å². The molecular weight excluding hydrogens is 220 g/mol. The van der Waals surface area contributed by atoms with Crippen LogP contribution in [0, 0.1) is 0 Å². The van der Waals surface area contributed by atoms with Crippen LogP contribution in [0.2, 0.25) is 0 Å². The molecule has 16 heavy (non-hydrogen) atoms. The smallest absolute Gasteiger partial charge is 0.222 e. The Morgan fingerprint density at radius 1 is 1.25 bits per heavy atom. The number of aromatic nitrogens is 3. The minimum atomic E-state index is 0.337. The number of hydrogen-bond acceptors (Lipinski definition) is 4. The predicted octanol–water partition coefficient (Wildman–Crippen LogP) is 2.25. The Morgan fingerprint density at radius 2 is 1.94 bits per heavy atom. The van der Waals surface area contributed by atoms with Crippen molar-refractivity contribution in [3.05, 3.63) is 35.9 Å². The van der Waals surface area contributed by atoms with Crippen molar-refractivity contribution in [1.29, 1.82) is 0 Å². The summed E-state index contributed by atoms with van der Waals surface area (Å²) in [5.41, 5.74) is 6.90. The second kappa shape index (κ2) is 4.57. The first-order chi connectivity index (χ1) is 7.68. The maximum absolute atomic E-state index is 5.63. The Hall–Kier alpha value is -1.49. The molecule has 1 heterocycles. The standard InChI is InChI=1S/C11H14N4S/c1-8(9-6-4-3-5-7-9)16-11-14-13-10(12)15(11)2/h3-8H,1-2H3,(H2,12,13). The number of nitrogens with zero attached hydrogens (tertiary/aromatic N) is 3. The third kappa shape index (κ3) is 2.19. The lowest BCUT2D eigenvalue weighted by atomic mass is 10.2. The van der Waals surface area contributed by atoms with Crippen molar-refractivity contribution < 1.29 is 0 Å². The van der Waals surface area contributed by atoms with Crippen LogP contribution < -0.4 is 5.73 Å². The van der Waals surface area contributed by atoms with Crippen LogP contribution in [0.25, 0.3) is 0 Å². The minimum absolute atomic E-state index is 0.337. The van der Waals surface area contributed by atoms with Gasteiger partial charge < -0.3 is 5.73 Å². The lowest BCUT2D eigenvalue weighted by molar-refractivity contribution is 0.792. The van der Waals surface area contributed by atoms with Crippen molar-refractivity contribution in [3.63, 3.8) is 0 Å². The van der Waals surface area contributed by atoms with Gasteiger partial charge in [-0.15, -0.1) is 10.2 Å². The summed E-state index contributed by atoms with van der Waals surface area (Å²) in [5.74, 6) is 0.447. The van der Waals surface area contributed by atoms with E-state index in [0.717, 1.165) is 5.16 Å². The highest BCUT2D eigenvalue weighted by molar-refractivity contribution is 7.99. The molecule has 0 aliphatic rings. The molecule has 0 aliphatic carbocycles. The molecule has 0 saturated heterocycles. The van der Waals surface area contributed by atoms with Crippen molar-refractivity contribution in [3.8, 4) is 0 Å². The quantitative estimate of drug-likeness (QED) is 0.828. The zero-order chi connectivity index (χ0) is 11.5. The van der Waals surface area contributed by atoms with Crippen LogP contribution >= 0.6 is 11.8 Å². The third-order valence-corrected chi connectivity index (χ3v) is 3.61. The number of thioether (sulfide) groups is 1. The van der Waals surface area contributed by atoms with Crippen LogP contribution in [0.1, 0.15) is 17.7 Å². The number of hydrogen-bond donors (Lipinski definition) is 1. The lowest BCUT2D eigenvalue weighted by Gasteiger charge is -2.10. The van der Waals surface area contributed by atoms with Gasteiger partial charge >= 0.3 is 0 Å². The third-order valence-electron chi connectivity index (χ3n) is 2.42.